The van der Waals surface area contributed by atoms with Gasteiger partial charge in [-0.15, -0.1) is 0 Å². The lowest BCUT2D eigenvalue weighted by Crippen LogP contribution is -1.99. The molecule has 2 heteroatoms. The lowest BCUT2D eigenvalue weighted by molar-refractivity contribution is 0.860. The number of allylic oxidation sites excluding steroid dienone is 8. The summed E-state index contributed by atoms with van der Waals surface area (Å²) in [5.74, 6) is 0.414. The van der Waals surface area contributed by atoms with Crippen molar-refractivity contribution < 1.29 is 0 Å². The zero-order chi connectivity index (χ0) is 17.3. The molecule has 2 aliphatic rings. The molecule has 0 radical (unpaired) electrons. The van der Waals surface area contributed by atoms with Gasteiger partial charge >= 0.3 is 0 Å². The summed E-state index contributed by atoms with van der Waals surface area (Å²) in [6.07, 6.45) is 22.5. The number of pyridine rings is 2. The molecule has 0 bridgehead atoms. The van der Waals surface area contributed by atoms with Crippen molar-refractivity contribution in [3.8, 4) is 0 Å². The van der Waals surface area contributed by atoms with Gasteiger partial charge in [0.15, 0.2) is 0 Å². The minimum atomic E-state index is 0.414. The predicted octanol–water partition coefficient (Wildman–Crippen LogP) is 6.12. The van der Waals surface area contributed by atoms with Crippen LogP contribution in [0.3, 0.4) is 0 Å². The minimum Gasteiger partial charge on any atom is -0.254 e. The van der Waals surface area contributed by atoms with Crippen molar-refractivity contribution in [2.24, 2.45) is 0 Å². The third-order valence-electron chi connectivity index (χ3n) is 5.39. The van der Waals surface area contributed by atoms with Gasteiger partial charge in [0.25, 0.3) is 0 Å². The lowest BCUT2D eigenvalue weighted by Gasteiger charge is -2.17. The topological polar surface area (TPSA) is 25.8 Å². The second-order valence-corrected chi connectivity index (χ2v) is 6.93. The Morgan fingerprint density at radius 2 is 1.65 bits per heavy atom. The number of fused-ring (bicyclic) bond motifs is 3. The van der Waals surface area contributed by atoms with Gasteiger partial charge in [0, 0.05) is 29.1 Å². The standard InChI is InChI=1S/C24H20N2/c1-3-7-17(8-4-1)19-13-15-25-23-21(19)11-12-22-20(14-16-26-24(22)23)18-9-5-2-6-10-18/h1-5,7,9,11-17H,6,8,10H2. The number of nitrogens with zero attached hydrogens (tertiary/aromatic N) is 2. The van der Waals surface area contributed by atoms with Crippen molar-refractivity contribution in [2.75, 3.05) is 0 Å². The normalized spacial score (nSPS) is 19.2. The van der Waals surface area contributed by atoms with Crippen molar-refractivity contribution >= 4 is 27.4 Å². The molecule has 126 valence electrons. The van der Waals surface area contributed by atoms with Crippen molar-refractivity contribution in [1.29, 1.82) is 0 Å². The molecule has 0 saturated heterocycles. The molecule has 0 fully saturated rings. The summed E-state index contributed by atoms with van der Waals surface area (Å²) >= 11 is 0. The van der Waals surface area contributed by atoms with Crippen molar-refractivity contribution in [3.63, 3.8) is 0 Å². The van der Waals surface area contributed by atoms with Crippen LogP contribution in [-0.4, -0.2) is 9.97 Å². The van der Waals surface area contributed by atoms with Crippen LogP contribution in [-0.2, 0) is 0 Å². The first kappa shape index (κ1) is 15.3. The van der Waals surface area contributed by atoms with Crippen LogP contribution in [0, 0.1) is 0 Å². The van der Waals surface area contributed by atoms with E-state index in [1.54, 1.807) is 0 Å². The summed E-state index contributed by atoms with van der Waals surface area (Å²) in [4.78, 5) is 9.42. The molecule has 2 nitrogen and oxygen atoms in total. The van der Waals surface area contributed by atoms with Gasteiger partial charge in [-0.3, -0.25) is 9.97 Å². The molecule has 1 unspecified atom stereocenters. The molecule has 2 aliphatic carbocycles. The first-order valence-corrected chi connectivity index (χ1v) is 9.27. The molecule has 0 amide bonds. The molecule has 2 aromatic heterocycles. The largest absolute Gasteiger partial charge is 0.254 e. The third kappa shape index (κ3) is 2.50. The van der Waals surface area contributed by atoms with Crippen molar-refractivity contribution in [2.45, 2.75) is 25.2 Å². The number of hydrogen-bond acceptors (Lipinski definition) is 2. The summed E-state index contributed by atoms with van der Waals surface area (Å²) < 4.78 is 0. The van der Waals surface area contributed by atoms with Crippen LogP contribution < -0.4 is 0 Å². The van der Waals surface area contributed by atoms with Gasteiger partial charge in [-0.2, -0.15) is 0 Å². The lowest BCUT2D eigenvalue weighted by atomic mass is 9.89. The van der Waals surface area contributed by atoms with Crippen LogP contribution in [0.15, 0.2) is 79.2 Å². The summed E-state index contributed by atoms with van der Waals surface area (Å²) in [6, 6.07) is 8.75. The fourth-order valence-corrected chi connectivity index (χ4v) is 4.09. The van der Waals surface area contributed by atoms with E-state index in [9.17, 15) is 0 Å². The van der Waals surface area contributed by atoms with Gasteiger partial charge in [0.1, 0.15) is 0 Å². The first-order valence-electron chi connectivity index (χ1n) is 9.27. The quantitative estimate of drug-likeness (QED) is 0.527. The molecule has 0 aliphatic heterocycles. The summed E-state index contributed by atoms with van der Waals surface area (Å²) in [5.41, 5.74) is 6.03. The van der Waals surface area contributed by atoms with E-state index in [1.807, 2.05) is 12.4 Å². The molecule has 0 saturated carbocycles. The highest BCUT2D eigenvalue weighted by atomic mass is 14.7. The Morgan fingerprint density at radius 3 is 2.46 bits per heavy atom. The molecule has 1 atom stereocenters. The van der Waals surface area contributed by atoms with E-state index in [2.05, 4.69) is 66.8 Å². The zero-order valence-electron chi connectivity index (χ0n) is 14.6. The Labute approximate surface area is 153 Å². The molecule has 3 aromatic rings. The molecule has 0 spiro atoms. The minimum absolute atomic E-state index is 0.414. The van der Waals surface area contributed by atoms with E-state index in [1.165, 1.54) is 27.5 Å². The van der Waals surface area contributed by atoms with E-state index in [4.69, 9.17) is 9.97 Å². The maximum absolute atomic E-state index is 4.71. The monoisotopic (exact) mass is 336 g/mol. The Bertz CT molecular complexity index is 1120. The smallest absolute Gasteiger partial charge is 0.0970 e. The molecular formula is C24H20N2. The number of rotatable bonds is 2. The van der Waals surface area contributed by atoms with Gasteiger partial charge in [0.05, 0.1) is 11.0 Å². The Morgan fingerprint density at radius 1 is 0.808 bits per heavy atom. The van der Waals surface area contributed by atoms with Gasteiger partial charge in [-0.05, 0) is 48.1 Å². The van der Waals surface area contributed by atoms with Crippen LogP contribution in [0.5, 0.6) is 0 Å². The summed E-state index contributed by atoms with van der Waals surface area (Å²) in [5, 5.41) is 2.41. The van der Waals surface area contributed by atoms with Gasteiger partial charge in [0.2, 0.25) is 0 Å². The maximum Gasteiger partial charge on any atom is 0.0970 e. The average molecular weight is 336 g/mol. The van der Waals surface area contributed by atoms with E-state index >= 15 is 0 Å². The second-order valence-electron chi connectivity index (χ2n) is 6.93. The fourth-order valence-electron chi connectivity index (χ4n) is 4.09. The number of hydrogen-bond donors (Lipinski definition) is 0. The highest BCUT2D eigenvalue weighted by molar-refractivity contribution is 6.07. The number of benzene rings is 1. The Balaban J connectivity index is 1.74. The molecule has 26 heavy (non-hydrogen) atoms. The molecule has 0 N–H and O–H groups in total. The van der Waals surface area contributed by atoms with Gasteiger partial charge < -0.3 is 0 Å². The van der Waals surface area contributed by atoms with Crippen molar-refractivity contribution in [1.82, 2.24) is 9.97 Å². The predicted molar refractivity (Wildman–Crippen MR) is 109 cm³/mol. The molecule has 1 aromatic carbocycles. The van der Waals surface area contributed by atoms with E-state index in [0.29, 0.717) is 5.92 Å². The average Bonchev–Trinajstić information content (AvgIpc) is 2.74. The van der Waals surface area contributed by atoms with Crippen LogP contribution in [0.4, 0.5) is 0 Å². The SMILES string of the molecule is C1=CCCC(c2ccnc3c2ccc2c(C4C=CC=CC4)ccnc23)=C1. The zero-order valence-corrected chi connectivity index (χ0v) is 14.6. The van der Waals surface area contributed by atoms with Gasteiger partial charge in [-0.25, -0.2) is 0 Å². The fraction of sp³-hybridized carbons (Fsp3) is 0.167. The Kier molecular flexibility index (Phi) is 3.75. The van der Waals surface area contributed by atoms with Crippen LogP contribution >= 0.6 is 0 Å². The van der Waals surface area contributed by atoms with Crippen LogP contribution in [0.25, 0.3) is 27.4 Å². The van der Waals surface area contributed by atoms with E-state index < -0.39 is 0 Å². The van der Waals surface area contributed by atoms with E-state index in [-0.39, 0.29) is 0 Å². The summed E-state index contributed by atoms with van der Waals surface area (Å²) in [7, 11) is 0. The summed E-state index contributed by atoms with van der Waals surface area (Å²) in [6.45, 7) is 0. The van der Waals surface area contributed by atoms with Crippen LogP contribution in [0.1, 0.15) is 36.3 Å². The van der Waals surface area contributed by atoms with Gasteiger partial charge in [-0.1, -0.05) is 54.7 Å². The highest BCUT2D eigenvalue weighted by Crippen LogP contribution is 2.35. The van der Waals surface area contributed by atoms with Crippen molar-refractivity contribution in [3.05, 3.63) is 90.3 Å². The maximum atomic E-state index is 4.71. The molecule has 5 rings (SSSR count). The molecular weight excluding hydrogens is 316 g/mol. The number of aromatic nitrogens is 2. The molecule has 2 heterocycles. The van der Waals surface area contributed by atoms with Crippen LogP contribution in [0.2, 0.25) is 0 Å². The second kappa shape index (κ2) is 6.38. The Hall–Kier alpha value is -3.00. The first-order chi connectivity index (χ1) is 12.9. The third-order valence-corrected chi connectivity index (χ3v) is 5.39. The highest BCUT2D eigenvalue weighted by Gasteiger charge is 2.16. The van der Waals surface area contributed by atoms with E-state index in [0.717, 1.165) is 30.3 Å².